The summed E-state index contributed by atoms with van der Waals surface area (Å²) in [5.74, 6) is 0.646. The molecule has 222 valence electrons. The Kier molecular flexibility index (Phi) is 6.65. The Morgan fingerprint density at radius 2 is 0.915 bits per heavy atom. The molecule has 0 bridgehead atoms. The summed E-state index contributed by atoms with van der Waals surface area (Å²) >= 11 is 1.79. The van der Waals surface area contributed by atoms with Gasteiger partial charge in [-0.15, -0.1) is 11.3 Å². The van der Waals surface area contributed by atoms with Crippen LogP contribution < -0.4 is 4.90 Å². The first-order valence-corrected chi connectivity index (χ1v) is 16.5. The largest absolute Gasteiger partial charge is 0.436 e. The Morgan fingerprint density at radius 1 is 0.426 bits per heavy atom. The molecule has 0 fully saturated rings. The first-order chi connectivity index (χ1) is 23.3. The van der Waals surface area contributed by atoms with Crippen LogP contribution in [0, 0.1) is 0 Å². The fraction of sp³-hybridized carbons (Fsp3) is 0. The van der Waals surface area contributed by atoms with Crippen LogP contribution in [0.5, 0.6) is 0 Å². The summed E-state index contributed by atoms with van der Waals surface area (Å²) < 4.78 is 8.63. The Morgan fingerprint density at radius 3 is 1.49 bits per heavy atom. The fourth-order valence-corrected chi connectivity index (χ4v) is 7.44. The van der Waals surface area contributed by atoms with E-state index in [9.17, 15) is 0 Å². The number of hydrogen-bond acceptors (Lipinski definition) is 4. The van der Waals surface area contributed by atoms with Gasteiger partial charge in [0, 0.05) is 48.9 Å². The van der Waals surface area contributed by atoms with Crippen LogP contribution in [0.2, 0.25) is 0 Å². The van der Waals surface area contributed by atoms with Gasteiger partial charge < -0.3 is 9.32 Å². The van der Waals surface area contributed by atoms with Crippen LogP contribution in [-0.4, -0.2) is 4.98 Å². The quantitative estimate of drug-likeness (QED) is 0.185. The van der Waals surface area contributed by atoms with Crippen LogP contribution in [0.1, 0.15) is 0 Å². The van der Waals surface area contributed by atoms with E-state index >= 15 is 0 Å². The van der Waals surface area contributed by atoms with Crippen molar-refractivity contribution < 1.29 is 4.42 Å². The molecule has 0 radical (unpaired) electrons. The Bertz CT molecular complexity index is 2400. The van der Waals surface area contributed by atoms with E-state index in [0.717, 1.165) is 33.7 Å². The van der Waals surface area contributed by atoms with Crippen LogP contribution in [-0.2, 0) is 0 Å². The zero-order chi connectivity index (χ0) is 31.2. The van der Waals surface area contributed by atoms with E-state index in [0.29, 0.717) is 5.89 Å². The lowest BCUT2D eigenvalue weighted by Gasteiger charge is -2.26. The molecular weight excluding hydrogens is 593 g/mol. The van der Waals surface area contributed by atoms with Gasteiger partial charge in [-0.1, -0.05) is 103 Å². The molecule has 0 saturated heterocycles. The van der Waals surface area contributed by atoms with Gasteiger partial charge in [0.25, 0.3) is 0 Å². The highest BCUT2D eigenvalue weighted by Gasteiger charge is 2.17. The van der Waals surface area contributed by atoms with E-state index in [-0.39, 0.29) is 0 Å². The van der Waals surface area contributed by atoms with Gasteiger partial charge in [0.1, 0.15) is 5.52 Å². The standard InChI is InChI=1S/C43H28N2OS/c1-4-10-29(11-5-1)31-16-20-34(21-17-31)45(35-22-18-32(19-23-35)30-12-6-2-7-13-30)36-24-25-41-37(26-36)38-27-39-40(28-42(38)47-41)46-43(44-39)33-14-8-3-9-15-33/h1-28H. The average Bonchev–Trinajstić information content (AvgIpc) is 3.73. The van der Waals surface area contributed by atoms with Gasteiger partial charge in [0.15, 0.2) is 5.58 Å². The molecule has 4 heteroatoms. The van der Waals surface area contributed by atoms with Crippen LogP contribution >= 0.6 is 11.3 Å². The zero-order valence-corrected chi connectivity index (χ0v) is 26.2. The van der Waals surface area contributed by atoms with Gasteiger partial charge in [-0.3, -0.25) is 0 Å². The highest BCUT2D eigenvalue weighted by molar-refractivity contribution is 7.25. The second-order valence-corrected chi connectivity index (χ2v) is 12.7. The van der Waals surface area contributed by atoms with Crippen LogP contribution in [0.25, 0.3) is 65.0 Å². The van der Waals surface area contributed by atoms with E-state index in [2.05, 4.69) is 144 Å². The van der Waals surface area contributed by atoms with Crippen LogP contribution in [0.4, 0.5) is 17.1 Å². The highest BCUT2D eigenvalue weighted by atomic mass is 32.1. The molecule has 0 unspecified atom stereocenters. The fourth-order valence-electron chi connectivity index (χ4n) is 6.34. The summed E-state index contributed by atoms with van der Waals surface area (Å²) in [6.45, 7) is 0. The maximum absolute atomic E-state index is 6.21. The number of anilines is 3. The van der Waals surface area contributed by atoms with Crippen molar-refractivity contribution in [3.05, 3.63) is 170 Å². The first-order valence-electron chi connectivity index (χ1n) is 15.7. The van der Waals surface area contributed by atoms with E-state index in [1.165, 1.54) is 42.4 Å². The zero-order valence-electron chi connectivity index (χ0n) is 25.4. The molecule has 9 aromatic rings. The Labute approximate surface area is 276 Å². The van der Waals surface area contributed by atoms with Crippen molar-refractivity contribution in [2.24, 2.45) is 0 Å². The number of nitrogens with zero attached hydrogens (tertiary/aromatic N) is 2. The van der Waals surface area contributed by atoms with Crippen molar-refractivity contribution in [1.82, 2.24) is 4.98 Å². The third kappa shape index (κ3) is 5.05. The van der Waals surface area contributed by atoms with Gasteiger partial charge in [-0.05, 0) is 82.9 Å². The predicted octanol–water partition coefficient (Wildman–Crippen LogP) is 12.7. The average molecular weight is 621 g/mol. The van der Waals surface area contributed by atoms with Crippen molar-refractivity contribution in [3.63, 3.8) is 0 Å². The third-order valence-electron chi connectivity index (χ3n) is 8.71. The van der Waals surface area contributed by atoms with E-state index < -0.39 is 0 Å². The number of hydrogen-bond donors (Lipinski definition) is 0. The van der Waals surface area contributed by atoms with E-state index in [1.54, 1.807) is 11.3 Å². The molecule has 47 heavy (non-hydrogen) atoms. The molecule has 0 aliphatic carbocycles. The number of fused-ring (bicyclic) bond motifs is 4. The molecule has 3 nitrogen and oxygen atoms in total. The molecule has 0 atom stereocenters. The number of rotatable bonds is 6. The minimum Gasteiger partial charge on any atom is -0.436 e. The summed E-state index contributed by atoms with van der Waals surface area (Å²) in [6.07, 6.45) is 0. The monoisotopic (exact) mass is 620 g/mol. The number of oxazole rings is 1. The number of aromatic nitrogens is 1. The normalized spacial score (nSPS) is 11.4. The van der Waals surface area contributed by atoms with Crippen molar-refractivity contribution in [2.75, 3.05) is 4.90 Å². The summed E-state index contributed by atoms with van der Waals surface area (Å²) in [5, 5.41) is 2.39. The second kappa shape index (κ2) is 11.4. The highest BCUT2D eigenvalue weighted by Crippen LogP contribution is 2.42. The molecule has 9 rings (SSSR count). The Balaban J connectivity index is 1.16. The smallest absolute Gasteiger partial charge is 0.227 e. The third-order valence-corrected chi connectivity index (χ3v) is 9.84. The SMILES string of the molecule is c1ccc(-c2ccc(N(c3ccc(-c4ccccc4)cc3)c3ccc4sc5cc6oc(-c7ccccc7)nc6cc5c4c3)cc2)cc1. The molecule has 0 aliphatic heterocycles. The summed E-state index contributed by atoms with van der Waals surface area (Å²) in [7, 11) is 0. The number of thiophene rings is 1. The summed E-state index contributed by atoms with van der Waals surface area (Å²) in [5.41, 5.74) is 10.8. The maximum Gasteiger partial charge on any atom is 0.227 e. The van der Waals surface area contributed by atoms with Crippen molar-refractivity contribution in [2.45, 2.75) is 0 Å². The Hall–Kier alpha value is -5.97. The lowest BCUT2D eigenvalue weighted by atomic mass is 10.0. The van der Waals surface area contributed by atoms with Gasteiger partial charge >= 0.3 is 0 Å². The van der Waals surface area contributed by atoms with Gasteiger partial charge in [-0.2, -0.15) is 0 Å². The number of benzene rings is 7. The van der Waals surface area contributed by atoms with E-state index in [4.69, 9.17) is 9.40 Å². The van der Waals surface area contributed by atoms with E-state index in [1.807, 2.05) is 30.3 Å². The lowest BCUT2D eigenvalue weighted by Crippen LogP contribution is -2.09. The van der Waals surface area contributed by atoms with Crippen LogP contribution in [0.3, 0.4) is 0 Å². The summed E-state index contributed by atoms with van der Waals surface area (Å²) in [6, 6.07) is 59.9. The molecule has 0 amide bonds. The molecule has 0 aliphatic rings. The van der Waals surface area contributed by atoms with Gasteiger partial charge in [0.05, 0.1) is 0 Å². The lowest BCUT2D eigenvalue weighted by molar-refractivity contribution is 0.620. The van der Waals surface area contributed by atoms with Crippen molar-refractivity contribution >= 4 is 59.7 Å². The minimum absolute atomic E-state index is 0.646. The first kappa shape index (κ1) is 27.3. The van der Waals surface area contributed by atoms with Crippen molar-refractivity contribution in [1.29, 1.82) is 0 Å². The molecule has 7 aromatic carbocycles. The minimum atomic E-state index is 0.646. The second-order valence-electron chi connectivity index (χ2n) is 11.6. The topological polar surface area (TPSA) is 29.3 Å². The molecule has 2 heterocycles. The molecular formula is C43H28N2OS. The van der Waals surface area contributed by atoms with Crippen molar-refractivity contribution in [3.8, 4) is 33.7 Å². The molecule has 2 aromatic heterocycles. The molecule has 0 spiro atoms. The van der Waals surface area contributed by atoms with Gasteiger partial charge in [-0.25, -0.2) is 4.98 Å². The maximum atomic E-state index is 6.21. The molecule has 0 N–H and O–H groups in total. The summed E-state index contributed by atoms with van der Waals surface area (Å²) in [4.78, 5) is 7.21. The predicted molar refractivity (Wildman–Crippen MR) is 198 cm³/mol. The van der Waals surface area contributed by atoms with Crippen LogP contribution in [0.15, 0.2) is 174 Å². The van der Waals surface area contributed by atoms with Gasteiger partial charge in [0.2, 0.25) is 5.89 Å². The molecule has 0 saturated carbocycles.